The van der Waals surface area contributed by atoms with Crippen LogP contribution in [0.2, 0.25) is 0 Å². The van der Waals surface area contributed by atoms with Crippen LogP contribution in [0, 0.1) is 6.92 Å². The lowest BCUT2D eigenvalue weighted by Gasteiger charge is -2.02. The zero-order valence-corrected chi connectivity index (χ0v) is 14.8. The number of hydrogen-bond donors (Lipinski definition) is 1. The van der Waals surface area contributed by atoms with E-state index in [0.717, 1.165) is 17.0 Å². The number of aromatic nitrogens is 3. The number of hydrogen-bond acceptors (Lipinski definition) is 4. The molecule has 0 fully saturated rings. The molecule has 2 aromatic heterocycles. The number of unbranched alkanes of at least 4 members (excludes halogenated alkanes) is 2. The second-order valence-electron chi connectivity index (χ2n) is 4.56. The Hall–Kier alpha value is -1.97. The Morgan fingerprint density at radius 1 is 1.00 bits per heavy atom. The second-order valence-corrected chi connectivity index (χ2v) is 4.56. The van der Waals surface area contributed by atoms with Gasteiger partial charge in [0.05, 0.1) is 5.69 Å². The molecule has 0 aliphatic heterocycles. The van der Waals surface area contributed by atoms with Gasteiger partial charge in [0, 0.05) is 30.7 Å². The van der Waals surface area contributed by atoms with Crippen molar-refractivity contribution in [3.63, 3.8) is 0 Å². The smallest absolute Gasteiger partial charge is 0.222 e. The Kier molecular flexibility index (Phi) is 11.6. The predicted molar refractivity (Wildman–Crippen MR) is 96.1 cm³/mol. The van der Waals surface area contributed by atoms with Crippen LogP contribution in [0.15, 0.2) is 30.6 Å². The Morgan fingerprint density at radius 3 is 2.14 bits per heavy atom. The molecular weight excluding hydrogens is 272 g/mol. The highest BCUT2D eigenvalue weighted by Gasteiger charge is 2.00. The maximum Gasteiger partial charge on any atom is 0.222 e. The molecule has 1 N–H and O–H groups in total. The van der Waals surface area contributed by atoms with Gasteiger partial charge >= 0.3 is 0 Å². The molecule has 4 heteroatoms. The van der Waals surface area contributed by atoms with Crippen LogP contribution in [0.1, 0.15) is 52.7 Å². The van der Waals surface area contributed by atoms with Crippen LogP contribution < -0.4 is 5.32 Å². The van der Waals surface area contributed by atoms with E-state index in [-0.39, 0.29) is 0 Å². The average molecular weight is 302 g/mol. The zero-order chi connectivity index (χ0) is 16.8. The summed E-state index contributed by atoms with van der Waals surface area (Å²) in [5.74, 6) is 0.619. The molecule has 2 heterocycles. The Bertz CT molecular complexity index is 493. The van der Waals surface area contributed by atoms with E-state index in [9.17, 15) is 0 Å². The van der Waals surface area contributed by atoms with Crippen molar-refractivity contribution < 1.29 is 0 Å². The second kappa shape index (κ2) is 12.7. The first kappa shape index (κ1) is 20.0. The summed E-state index contributed by atoms with van der Waals surface area (Å²) in [6.45, 7) is 10.4. The van der Waals surface area contributed by atoms with Crippen molar-refractivity contribution in [3.8, 4) is 11.3 Å². The molecule has 0 spiro atoms. The van der Waals surface area contributed by atoms with Crippen molar-refractivity contribution in [2.45, 2.75) is 53.9 Å². The van der Waals surface area contributed by atoms with Crippen molar-refractivity contribution >= 4 is 5.95 Å². The molecule has 0 atom stereocenters. The SMILES string of the molecule is CC.CCCCC.CNc1nccc(-c2ccc(C)nc2)n1. The van der Waals surface area contributed by atoms with E-state index in [0.29, 0.717) is 5.95 Å². The fourth-order valence-electron chi connectivity index (χ4n) is 1.61. The third-order valence-corrected chi connectivity index (χ3v) is 2.79. The van der Waals surface area contributed by atoms with Gasteiger partial charge in [-0.05, 0) is 25.1 Å². The van der Waals surface area contributed by atoms with Gasteiger partial charge in [-0.3, -0.25) is 4.98 Å². The van der Waals surface area contributed by atoms with E-state index in [1.54, 1.807) is 13.2 Å². The van der Waals surface area contributed by atoms with E-state index >= 15 is 0 Å². The third kappa shape index (κ3) is 7.72. The molecule has 0 aromatic carbocycles. The number of aryl methyl sites for hydroxylation is 1. The minimum atomic E-state index is 0.619. The lowest BCUT2D eigenvalue weighted by molar-refractivity contribution is 0.772. The topological polar surface area (TPSA) is 50.7 Å². The molecule has 0 saturated heterocycles. The summed E-state index contributed by atoms with van der Waals surface area (Å²) in [6, 6.07) is 5.84. The largest absolute Gasteiger partial charge is 0.357 e. The summed E-state index contributed by atoms with van der Waals surface area (Å²) in [4.78, 5) is 12.6. The molecule has 0 unspecified atom stereocenters. The molecule has 2 rings (SSSR count). The van der Waals surface area contributed by atoms with Crippen molar-refractivity contribution in [2.75, 3.05) is 12.4 Å². The van der Waals surface area contributed by atoms with Gasteiger partial charge in [0.25, 0.3) is 0 Å². The molecule has 0 bridgehead atoms. The van der Waals surface area contributed by atoms with E-state index in [1.807, 2.05) is 45.2 Å². The lowest BCUT2D eigenvalue weighted by atomic mass is 10.2. The van der Waals surface area contributed by atoms with Crippen molar-refractivity contribution in [3.05, 3.63) is 36.3 Å². The van der Waals surface area contributed by atoms with Crippen LogP contribution >= 0.6 is 0 Å². The molecule has 22 heavy (non-hydrogen) atoms. The fraction of sp³-hybridized carbons (Fsp3) is 0.500. The number of anilines is 1. The van der Waals surface area contributed by atoms with Gasteiger partial charge < -0.3 is 5.32 Å². The first-order chi connectivity index (χ1) is 10.7. The number of pyridine rings is 1. The number of nitrogens with zero attached hydrogens (tertiary/aromatic N) is 3. The van der Waals surface area contributed by atoms with Crippen LogP contribution in [-0.2, 0) is 0 Å². The van der Waals surface area contributed by atoms with E-state index in [2.05, 4.69) is 34.1 Å². The van der Waals surface area contributed by atoms with Crippen LogP contribution in [-0.4, -0.2) is 22.0 Å². The van der Waals surface area contributed by atoms with Gasteiger partial charge in [-0.25, -0.2) is 9.97 Å². The van der Waals surface area contributed by atoms with Crippen LogP contribution in [0.25, 0.3) is 11.3 Å². The summed E-state index contributed by atoms with van der Waals surface area (Å²) in [6.07, 6.45) is 7.62. The molecule has 0 radical (unpaired) electrons. The van der Waals surface area contributed by atoms with Crippen molar-refractivity contribution in [1.29, 1.82) is 0 Å². The molecular formula is C18H30N4. The van der Waals surface area contributed by atoms with Crippen LogP contribution in [0.3, 0.4) is 0 Å². The summed E-state index contributed by atoms with van der Waals surface area (Å²) in [5, 5.41) is 2.91. The van der Waals surface area contributed by atoms with Gasteiger partial charge in [0.1, 0.15) is 0 Å². The Labute approximate surface area is 135 Å². The lowest BCUT2D eigenvalue weighted by Crippen LogP contribution is -1.96. The molecule has 122 valence electrons. The normalized spacial score (nSPS) is 9.00. The highest BCUT2D eigenvalue weighted by Crippen LogP contribution is 2.16. The van der Waals surface area contributed by atoms with Crippen molar-refractivity contribution in [1.82, 2.24) is 15.0 Å². The first-order valence-electron chi connectivity index (χ1n) is 8.15. The number of nitrogens with one attached hydrogen (secondary N) is 1. The maximum atomic E-state index is 4.33. The standard InChI is InChI=1S/C11H12N4.C5H12.C2H6/c1-8-3-4-9(7-14-8)10-5-6-13-11(12-2)15-10;1-3-5-4-2;1-2/h3-7H,1-2H3,(H,12,13,15);3-5H2,1-2H3;1-2H3. The van der Waals surface area contributed by atoms with Gasteiger partial charge in [-0.1, -0.05) is 47.0 Å². The Morgan fingerprint density at radius 2 is 1.68 bits per heavy atom. The predicted octanol–water partition coefficient (Wildman–Crippen LogP) is 5.11. The summed E-state index contributed by atoms with van der Waals surface area (Å²) >= 11 is 0. The monoisotopic (exact) mass is 302 g/mol. The third-order valence-electron chi connectivity index (χ3n) is 2.79. The van der Waals surface area contributed by atoms with Gasteiger partial charge in [-0.2, -0.15) is 0 Å². The molecule has 0 amide bonds. The number of rotatable bonds is 4. The summed E-state index contributed by atoms with van der Waals surface area (Å²) in [7, 11) is 1.80. The van der Waals surface area contributed by atoms with Crippen LogP contribution in [0.5, 0.6) is 0 Å². The average Bonchev–Trinajstić information content (AvgIpc) is 2.59. The van der Waals surface area contributed by atoms with Crippen molar-refractivity contribution in [2.24, 2.45) is 0 Å². The summed E-state index contributed by atoms with van der Waals surface area (Å²) < 4.78 is 0. The fourth-order valence-corrected chi connectivity index (χ4v) is 1.61. The summed E-state index contributed by atoms with van der Waals surface area (Å²) in [5.41, 5.74) is 2.88. The molecule has 2 aromatic rings. The van der Waals surface area contributed by atoms with Gasteiger partial charge in [0.2, 0.25) is 5.95 Å². The van der Waals surface area contributed by atoms with Crippen LogP contribution in [0.4, 0.5) is 5.95 Å². The quantitative estimate of drug-likeness (QED) is 0.852. The van der Waals surface area contributed by atoms with E-state index in [1.165, 1.54) is 19.3 Å². The highest BCUT2D eigenvalue weighted by atomic mass is 15.1. The molecule has 0 aliphatic carbocycles. The minimum Gasteiger partial charge on any atom is -0.357 e. The maximum absolute atomic E-state index is 4.33. The zero-order valence-electron chi connectivity index (χ0n) is 14.8. The molecule has 0 saturated carbocycles. The minimum absolute atomic E-state index is 0.619. The van der Waals surface area contributed by atoms with E-state index < -0.39 is 0 Å². The highest BCUT2D eigenvalue weighted by molar-refractivity contribution is 5.58. The van der Waals surface area contributed by atoms with Gasteiger partial charge in [-0.15, -0.1) is 0 Å². The Balaban J connectivity index is 0.000000540. The van der Waals surface area contributed by atoms with Gasteiger partial charge in [0.15, 0.2) is 0 Å². The van der Waals surface area contributed by atoms with E-state index in [4.69, 9.17) is 0 Å². The molecule has 4 nitrogen and oxygen atoms in total. The molecule has 0 aliphatic rings. The first-order valence-corrected chi connectivity index (χ1v) is 8.15.